The first-order valence-corrected chi connectivity index (χ1v) is 6.01. The predicted octanol–water partition coefficient (Wildman–Crippen LogP) is 1.25. The van der Waals surface area contributed by atoms with Crippen molar-refractivity contribution in [2.75, 3.05) is 0 Å². The predicted molar refractivity (Wildman–Crippen MR) is 56.0 cm³/mol. The summed E-state index contributed by atoms with van der Waals surface area (Å²) in [5, 5.41) is 8.75. The number of hydrogen-bond acceptors (Lipinski definition) is 3. The van der Waals surface area contributed by atoms with Crippen LogP contribution in [0.5, 0.6) is 0 Å². The van der Waals surface area contributed by atoms with Gasteiger partial charge in [-0.25, -0.2) is 8.42 Å². The summed E-state index contributed by atoms with van der Waals surface area (Å²) < 4.78 is 24.8. The fourth-order valence-corrected chi connectivity index (χ4v) is 1.67. The highest BCUT2D eigenvalue weighted by Gasteiger charge is 2.31. The molecule has 82 valence electrons. The molecule has 0 aromatic rings. The van der Waals surface area contributed by atoms with E-state index in [2.05, 4.69) is 4.72 Å². The van der Waals surface area contributed by atoms with E-state index < -0.39 is 20.8 Å². The zero-order valence-corrected chi connectivity index (χ0v) is 10.1. The molecule has 0 bridgehead atoms. The Hall–Kier alpha value is -0.600. The topological polar surface area (TPSA) is 70.0 Å². The molecule has 0 amide bonds. The molecule has 4 nitrogen and oxygen atoms in total. The van der Waals surface area contributed by atoms with Gasteiger partial charge >= 0.3 is 0 Å². The first-order valence-electron chi connectivity index (χ1n) is 4.53. The lowest BCUT2D eigenvalue weighted by molar-refractivity contribution is 0.496. The van der Waals surface area contributed by atoms with E-state index >= 15 is 0 Å². The lowest BCUT2D eigenvalue weighted by Crippen LogP contribution is -2.46. The molecular formula is C9H18N2O2S. The van der Waals surface area contributed by atoms with Crippen molar-refractivity contribution in [3.8, 4) is 6.07 Å². The highest BCUT2D eigenvalue weighted by atomic mass is 32.2. The van der Waals surface area contributed by atoms with E-state index in [1.165, 1.54) is 0 Å². The Labute approximate surface area is 86.4 Å². The van der Waals surface area contributed by atoms with Gasteiger partial charge in [-0.15, -0.1) is 0 Å². The third-order valence-electron chi connectivity index (χ3n) is 1.89. The quantitative estimate of drug-likeness (QED) is 0.775. The fourth-order valence-electron chi connectivity index (χ4n) is 0.655. The third kappa shape index (κ3) is 3.28. The monoisotopic (exact) mass is 218 g/mol. The Bertz CT molecular complexity index is 320. The van der Waals surface area contributed by atoms with E-state index in [4.69, 9.17) is 5.26 Å². The van der Waals surface area contributed by atoms with Gasteiger partial charge in [0.15, 0.2) is 0 Å². The number of sulfonamides is 1. The first kappa shape index (κ1) is 13.4. The molecule has 0 aliphatic rings. The number of nitrogens with one attached hydrogen (secondary N) is 1. The lowest BCUT2D eigenvalue weighted by Gasteiger charge is -2.23. The Morgan fingerprint density at radius 2 is 1.71 bits per heavy atom. The van der Waals surface area contributed by atoms with Gasteiger partial charge in [-0.2, -0.15) is 9.98 Å². The van der Waals surface area contributed by atoms with Crippen molar-refractivity contribution in [3.63, 3.8) is 0 Å². The van der Waals surface area contributed by atoms with Gasteiger partial charge in [-0.3, -0.25) is 0 Å². The molecule has 0 aliphatic carbocycles. The molecule has 0 saturated carbocycles. The maximum absolute atomic E-state index is 11.7. The zero-order valence-electron chi connectivity index (χ0n) is 9.33. The summed E-state index contributed by atoms with van der Waals surface area (Å²) in [6, 6.07) is 1.29. The maximum Gasteiger partial charge on any atom is 0.217 e. The van der Waals surface area contributed by atoms with Gasteiger partial charge in [0.05, 0.1) is 10.8 Å². The minimum Gasteiger partial charge on any atom is -0.212 e. The molecule has 0 radical (unpaired) electrons. The van der Waals surface area contributed by atoms with Crippen molar-refractivity contribution in [1.29, 1.82) is 5.26 Å². The van der Waals surface area contributed by atoms with Gasteiger partial charge < -0.3 is 0 Å². The third-order valence-corrected chi connectivity index (χ3v) is 4.07. The molecule has 14 heavy (non-hydrogen) atoms. The second-order valence-electron chi connectivity index (χ2n) is 4.58. The van der Waals surface area contributed by atoms with Gasteiger partial charge in [0.25, 0.3) is 0 Å². The van der Waals surface area contributed by atoms with Crippen molar-refractivity contribution in [2.45, 2.75) is 45.4 Å². The Balaban J connectivity index is 4.78. The zero-order chi connectivity index (χ0) is 11.6. The van der Waals surface area contributed by atoms with Crippen LogP contribution in [-0.4, -0.2) is 19.2 Å². The summed E-state index contributed by atoms with van der Waals surface area (Å²) in [7, 11) is -3.43. The van der Waals surface area contributed by atoms with Crippen LogP contribution in [0, 0.1) is 17.2 Å². The number of hydrogen-bond donors (Lipinski definition) is 1. The summed E-state index contributed by atoms with van der Waals surface area (Å²) in [6.45, 7) is 8.41. The van der Waals surface area contributed by atoms with E-state index in [9.17, 15) is 8.42 Å². The molecule has 5 heteroatoms. The number of nitriles is 1. The van der Waals surface area contributed by atoms with Crippen LogP contribution in [0.25, 0.3) is 0 Å². The van der Waals surface area contributed by atoms with E-state index in [0.717, 1.165) is 0 Å². The van der Waals surface area contributed by atoms with Crippen molar-refractivity contribution in [2.24, 2.45) is 5.92 Å². The van der Waals surface area contributed by atoms with Crippen LogP contribution in [0.3, 0.4) is 0 Å². The molecule has 0 heterocycles. The Kier molecular flexibility index (Phi) is 4.10. The van der Waals surface area contributed by atoms with Crippen LogP contribution < -0.4 is 4.72 Å². The second-order valence-corrected chi connectivity index (χ2v) is 7.05. The minimum atomic E-state index is -3.43. The van der Waals surface area contributed by atoms with Crippen LogP contribution in [-0.2, 0) is 10.0 Å². The molecule has 0 rings (SSSR count). The van der Waals surface area contributed by atoms with Crippen molar-refractivity contribution >= 4 is 10.0 Å². The lowest BCUT2D eigenvalue weighted by atomic mass is 10.1. The van der Waals surface area contributed by atoms with Crippen LogP contribution >= 0.6 is 0 Å². The molecule has 0 aliphatic heterocycles. The summed E-state index contributed by atoms with van der Waals surface area (Å²) in [5.74, 6) is -0.0304. The van der Waals surface area contributed by atoms with Crippen LogP contribution in [0.2, 0.25) is 0 Å². The average Bonchev–Trinajstić information content (AvgIpc) is 1.97. The number of nitrogens with zero attached hydrogens (tertiary/aromatic N) is 1. The highest BCUT2D eigenvalue weighted by molar-refractivity contribution is 7.90. The summed E-state index contributed by atoms with van der Waals surface area (Å²) in [5.41, 5.74) is 0. The molecule has 0 aromatic heterocycles. The Morgan fingerprint density at radius 3 is 1.93 bits per heavy atom. The molecule has 1 N–H and O–H groups in total. The van der Waals surface area contributed by atoms with Crippen LogP contribution in [0.4, 0.5) is 0 Å². The molecule has 0 fully saturated rings. The fraction of sp³-hybridized carbons (Fsp3) is 0.889. The smallest absolute Gasteiger partial charge is 0.212 e. The van der Waals surface area contributed by atoms with Gasteiger partial charge in [0.2, 0.25) is 10.0 Å². The van der Waals surface area contributed by atoms with E-state index in [1.54, 1.807) is 34.6 Å². The number of rotatable bonds is 3. The SMILES string of the molecule is CC(C)C(C#N)NS(=O)(=O)C(C)(C)C. The molecule has 0 saturated heterocycles. The summed E-state index contributed by atoms with van der Waals surface area (Å²) in [4.78, 5) is 0. The summed E-state index contributed by atoms with van der Waals surface area (Å²) >= 11 is 0. The molecule has 0 spiro atoms. The van der Waals surface area contributed by atoms with Crippen molar-refractivity contribution in [1.82, 2.24) is 4.72 Å². The van der Waals surface area contributed by atoms with Crippen LogP contribution in [0.15, 0.2) is 0 Å². The molecular weight excluding hydrogens is 200 g/mol. The normalized spacial score (nSPS) is 15.2. The summed E-state index contributed by atoms with van der Waals surface area (Å²) in [6.07, 6.45) is 0. The minimum absolute atomic E-state index is 0.0304. The van der Waals surface area contributed by atoms with Crippen molar-refractivity contribution < 1.29 is 8.42 Å². The molecule has 0 aromatic carbocycles. The highest BCUT2D eigenvalue weighted by Crippen LogP contribution is 2.15. The van der Waals surface area contributed by atoms with Gasteiger partial charge in [0.1, 0.15) is 6.04 Å². The van der Waals surface area contributed by atoms with Gasteiger partial charge in [-0.1, -0.05) is 13.8 Å². The van der Waals surface area contributed by atoms with Gasteiger partial charge in [-0.05, 0) is 26.7 Å². The van der Waals surface area contributed by atoms with Crippen molar-refractivity contribution in [3.05, 3.63) is 0 Å². The maximum atomic E-state index is 11.7. The largest absolute Gasteiger partial charge is 0.217 e. The standard InChI is InChI=1S/C9H18N2O2S/c1-7(2)8(6-10)11-14(12,13)9(3,4)5/h7-8,11H,1-5H3. The van der Waals surface area contributed by atoms with Gasteiger partial charge in [0, 0.05) is 0 Å². The molecule has 1 unspecified atom stereocenters. The van der Waals surface area contributed by atoms with E-state index in [1.807, 2.05) is 6.07 Å². The second kappa shape index (κ2) is 4.28. The van der Waals surface area contributed by atoms with E-state index in [0.29, 0.717) is 0 Å². The molecule has 1 atom stereocenters. The van der Waals surface area contributed by atoms with Crippen LogP contribution in [0.1, 0.15) is 34.6 Å². The average molecular weight is 218 g/mol. The first-order chi connectivity index (χ1) is 6.12. The van der Waals surface area contributed by atoms with E-state index in [-0.39, 0.29) is 5.92 Å². The Morgan fingerprint density at radius 1 is 1.29 bits per heavy atom.